The molecular weight excluding hydrogens is 471 g/mol. The van der Waals surface area contributed by atoms with Crippen LogP contribution in [0.3, 0.4) is 0 Å². The van der Waals surface area contributed by atoms with Gasteiger partial charge in [-0.25, -0.2) is 4.98 Å². The maximum Gasteiger partial charge on any atom is 0.226 e. The molecule has 3 nitrogen and oxygen atoms in total. The molecule has 0 amide bonds. The molecule has 0 saturated heterocycles. The summed E-state index contributed by atoms with van der Waals surface area (Å²) in [6, 6.07) is 7.13. The Hall–Kier alpha value is -0.570. The van der Waals surface area contributed by atoms with E-state index in [1.54, 1.807) is 18.2 Å². The van der Waals surface area contributed by atoms with E-state index >= 15 is 0 Å². The van der Waals surface area contributed by atoms with Crippen molar-refractivity contribution in [2.24, 2.45) is 0 Å². The average molecular weight is 482 g/mol. The van der Waals surface area contributed by atoms with Crippen LogP contribution in [0.2, 0.25) is 10.0 Å². The van der Waals surface area contributed by atoms with E-state index in [0.717, 1.165) is 16.1 Å². The van der Waals surface area contributed by atoms with E-state index in [-0.39, 0.29) is 22.1 Å². The number of nitrogens with zero attached hydrogens (tertiary/aromatic N) is 1. The van der Waals surface area contributed by atoms with Crippen molar-refractivity contribution < 1.29 is 4.79 Å². The van der Waals surface area contributed by atoms with Crippen LogP contribution in [0.15, 0.2) is 29.6 Å². The number of hydrogen-bond acceptors (Lipinski definition) is 5. The van der Waals surface area contributed by atoms with Gasteiger partial charge in [-0.3, -0.25) is 4.79 Å². The first kappa shape index (κ1) is 19.8. The third kappa shape index (κ3) is 4.15. The van der Waals surface area contributed by atoms with Crippen LogP contribution in [-0.4, -0.2) is 10.1 Å². The van der Waals surface area contributed by atoms with Crippen LogP contribution in [0.1, 0.15) is 14.5 Å². The lowest BCUT2D eigenvalue weighted by atomic mass is 10.2. The van der Waals surface area contributed by atoms with Gasteiger partial charge in [-0.2, -0.15) is 0 Å². The van der Waals surface area contributed by atoms with Gasteiger partial charge < -0.3 is 5.32 Å². The van der Waals surface area contributed by atoms with Crippen molar-refractivity contribution in [3.05, 3.63) is 49.4 Å². The van der Waals surface area contributed by atoms with Crippen LogP contribution < -0.4 is 5.32 Å². The van der Waals surface area contributed by atoms with Crippen LogP contribution in [0.5, 0.6) is 0 Å². The molecule has 3 aromatic rings. The van der Waals surface area contributed by atoms with E-state index in [1.165, 1.54) is 22.7 Å². The predicted octanol–water partition coefficient (Wildman–Crippen LogP) is 6.88. The second kappa shape index (κ2) is 8.21. The molecule has 0 spiro atoms. The van der Waals surface area contributed by atoms with Gasteiger partial charge in [-0.1, -0.05) is 41.9 Å². The molecule has 0 atom stereocenters. The normalized spacial score (nSPS) is 10.3. The number of aryl methyl sites for hydroxylation is 1. The highest BCUT2D eigenvalue weighted by Gasteiger charge is 2.15. The largest absolute Gasteiger partial charge is 0.329 e. The molecule has 0 radical (unpaired) electrons. The van der Waals surface area contributed by atoms with Gasteiger partial charge in [-0.15, -0.1) is 39.7 Å². The molecule has 24 heavy (non-hydrogen) atoms. The van der Waals surface area contributed by atoms with Gasteiger partial charge in [-0.05, 0) is 25.1 Å². The minimum atomic E-state index is -0.235. The molecule has 0 aliphatic heterocycles. The molecular formula is C15H11BrCl2N2OS3. The Bertz CT molecular complexity index is 874. The minimum Gasteiger partial charge on any atom is -0.329 e. The molecule has 0 saturated carbocycles. The number of hydrogen-bond donors (Lipinski definition) is 2. The Labute approximate surface area is 173 Å². The van der Waals surface area contributed by atoms with E-state index < -0.39 is 0 Å². The van der Waals surface area contributed by atoms with Crippen LogP contribution in [0.4, 0.5) is 10.8 Å². The molecule has 126 valence electrons. The fraction of sp³-hybridized carbons (Fsp3) is 0.0667. The van der Waals surface area contributed by atoms with E-state index in [2.05, 4.69) is 22.9 Å². The molecule has 0 aliphatic rings. The number of carbonyl (C=O) groups excluding carboxylic acids is 1. The summed E-state index contributed by atoms with van der Waals surface area (Å²) in [6.07, 6.45) is 0. The second-order valence-corrected chi connectivity index (χ2v) is 7.98. The third-order valence-corrected chi connectivity index (χ3v) is 5.93. The summed E-state index contributed by atoms with van der Waals surface area (Å²) >= 11 is 19.0. The highest BCUT2D eigenvalue weighted by atomic mass is 79.9. The lowest BCUT2D eigenvalue weighted by Crippen LogP contribution is -1.91. The number of rotatable bonds is 4. The molecule has 3 rings (SSSR count). The Kier molecular flexibility index (Phi) is 6.75. The summed E-state index contributed by atoms with van der Waals surface area (Å²) in [4.78, 5) is 17.6. The maximum atomic E-state index is 11.4. The number of carbonyl (C=O) groups is 1. The number of thiophene rings is 1. The zero-order valence-corrected chi connectivity index (χ0v) is 17.9. The van der Waals surface area contributed by atoms with Crippen molar-refractivity contribution in [3.63, 3.8) is 0 Å². The zero-order chi connectivity index (χ0) is 16.6. The standard InChI is InChI=1S/C15H10Cl2N2OS3.BrH/c1-7-8(5-12(23-7)14(20)21)11-6-22-15(18-11)19-13-9(16)3-2-4-10(13)17;/h2-6H,1H3,(H,18,19)(H,20,21);1H. The highest BCUT2D eigenvalue weighted by molar-refractivity contribution is 8.93. The van der Waals surface area contributed by atoms with Crippen molar-refractivity contribution in [3.8, 4) is 11.3 Å². The van der Waals surface area contributed by atoms with Gasteiger partial charge in [0.2, 0.25) is 5.12 Å². The Morgan fingerprint density at radius 1 is 1.29 bits per heavy atom. The summed E-state index contributed by atoms with van der Waals surface area (Å²) in [5.41, 5.74) is 2.36. The number of benzene rings is 1. The molecule has 0 aliphatic carbocycles. The minimum absolute atomic E-state index is 0. The van der Waals surface area contributed by atoms with E-state index in [9.17, 15) is 4.79 Å². The predicted molar refractivity (Wildman–Crippen MR) is 114 cm³/mol. The molecule has 2 aromatic heterocycles. The Morgan fingerprint density at radius 2 is 1.96 bits per heavy atom. The number of aromatic nitrogens is 1. The molecule has 1 aromatic carbocycles. The molecule has 9 heteroatoms. The van der Waals surface area contributed by atoms with E-state index in [1.807, 2.05) is 18.4 Å². The number of para-hydroxylation sites is 1. The second-order valence-electron chi connectivity index (χ2n) is 4.65. The Morgan fingerprint density at radius 3 is 2.54 bits per heavy atom. The van der Waals surface area contributed by atoms with Crippen LogP contribution in [0, 0.1) is 6.92 Å². The molecule has 1 N–H and O–H groups in total. The maximum absolute atomic E-state index is 11.4. The lowest BCUT2D eigenvalue weighted by molar-refractivity contribution is 0.109. The smallest absolute Gasteiger partial charge is 0.226 e. The SMILES string of the molecule is Br.Cc1sc(C(=O)S)cc1-c1csc(Nc2c(Cl)cccc2Cl)n1. The number of anilines is 2. The monoisotopic (exact) mass is 480 g/mol. The van der Waals surface area contributed by atoms with E-state index in [4.69, 9.17) is 23.2 Å². The molecule has 0 bridgehead atoms. The summed E-state index contributed by atoms with van der Waals surface area (Å²) in [5, 5.41) is 6.58. The zero-order valence-electron chi connectivity index (χ0n) is 12.2. The molecule has 0 unspecified atom stereocenters. The summed E-state index contributed by atoms with van der Waals surface area (Å²) in [5.74, 6) is 0. The topological polar surface area (TPSA) is 42.0 Å². The van der Waals surface area contributed by atoms with Crippen molar-refractivity contribution in [2.45, 2.75) is 6.92 Å². The number of halogens is 3. The van der Waals surface area contributed by atoms with Crippen LogP contribution >= 0.6 is 75.5 Å². The van der Waals surface area contributed by atoms with Crippen molar-refractivity contribution >= 4 is 91.4 Å². The van der Waals surface area contributed by atoms with Gasteiger partial charge in [0, 0.05) is 15.8 Å². The first-order valence-corrected chi connectivity index (χ1v) is 9.36. The van der Waals surface area contributed by atoms with Gasteiger partial charge in [0.05, 0.1) is 26.3 Å². The summed E-state index contributed by atoms with van der Waals surface area (Å²) < 4.78 is 0. The fourth-order valence-electron chi connectivity index (χ4n) is 2.02. The van der Waals surface area contributed by atoms with Crippen molar-refractivity contribution in [1.29, 1.82) is 0 Å². The van der Waals surface area contributed by atoms with Crippen molar-refractivity contribution in [1.82, 2.24) is 4.98 Å². The lowest BCUT2D eigenvalue weighted by Gasteiger charge is -2.06. The van der Waals surface area contributed by atoms with E-state index in [0.29, 0.717) is 25.7 Å². The fourth-order valence-corrected chi connectivity index (χ4v) is 4.30. The number of nitrogens with one attached hydrogen (secondary N) is 1. The Balaban J connectivity index is 0.00000208. The summed E-state index contributed by atoms with van der Waals surface area (Å²) in [7, 11) is 0. The van der Waals surface area contributed by atoms with Gasteiger partial charge in [0.1, 0.15) is 0 Å². The number of thiol groups is 1. The average Bonchev–Trinajstić information content (AvgIpc) is 3.09. The van der Waals surface area contributed by atoms with Crippen LogP contribution in [-0.2, 0) is 0 Å². The highest BCUT2D eigenvalue weighted by Crippen LogP contribution is 2.37. The quantitative estimate of drug-likeness (QED) is 0.399. The van der Waals surface area contributed by atoms with Crippen LogP contribution in [0.25, 0.3) is 11.3 Å². The van der Waals surface area contributed by atoms with Crippen molar-refractivity contribution in [2.75, 3.05) is 5.32 Å². The number of thiazole rings is 1. The van der Waals surface area contributed by atoms with Gasteiger partial charge >= 0.3 is 0 Å². The van der Waals surface area contributed by atoms with Gasteiger partial charge in [0.25, 0.3) is 0 Å². The molecule has 0 fully saturated rings. The summed E-state index contributed by atoms with van der Waals surface area (Å²) in [6.45, 7) is 1.96. The third-order valence-electron chi connectivity index (χ3n) is 3.10. The van der Waals surface area contributed by atoms with Gasteiger partial charge in [0.15, 0.2) is 5.13 Å². The first-order valence-electron chi connectivity index (χ1n) is 6.46. The first-order chi connectivity index (χ1) is 11.0. The molecule has 2 heterocycles.